The van der Waals surface area contributed by atoms with Crippen molar-refractivity contribution in [3.05, 3.63) is 58.7 Å². The molecule has 0 aliphatic heterocycles. The smallest absolute Gasteiger partial charge is 0.151 e. The minimum absolute atomic E-state index is 0.721. The van der Waals surface area contributed by atoms with E-state index in [2.05, 4.69) is 20.3 Å². The zero-order chi connectivity index (χ0) is 15.6. The van der Waals surface area contributed by atoms with Crippen LogP contribution in [0.25, 0.3) is 20.9 Å². The number of hydrogen-bond donors (Lipinski definition) is 0. The molecule has 0 aliphatic carbocycles. The van der Waals surface area contributed by atoms with Gasteiger partial charge < -0.3 is 0 Å². The normalized spacial score (nSPS) is 11.2. The summed E-state index contributed by atoms with van der Waals surface area (Å²) >= 11 is 11.0. The van der Waals surface area contributed by atoms with E-state index in [1.165, 1.54) is 0 Å². The molecule has 0 N–H and O–H groups in total. The molecule has 7 heteroatoms. The van der Waals surface area contributed by atoms with Crippen LogP contribution in [0.5, 0.6) is 0 Å². The number of nitrogens with zero attached hydrogens (tertiary/aromatic N) is 3. The number of rotatable bonds is 4. The van der Waals surface area contributed by atoms with E-state index < -0.39 is 0 Å². The number of pyridine rings is 1. The average molecular weight is 376 g/mol. The second-order valence-electron chi connectivity index (χ2n) is 4.74. The van der Waals surface area contributed by atoms with E-state index in [0.29, 0.717) is 0 Å². The quantitative estimate of drug-likeness (QED) is 0.425. The summed E-state index contributed by atoms with van der Waals surface area (Å²) in [5, 5.41) is 3.76. The molecule has 0 saturated carbocycles. The molecule has 0 spiro atoms. The molecule has 0 atom stereocenters. The summed E-state index contributed by atoms with van der Waals surface area (Å²) < 4.78 is 2.19. The SMILES string of the molecule is Clc1ccc2sc(SCc3csc(-c4ccccn4)n3)nc2c1. The highest BCUT2D eigenvalue weighted by atomic mass is 35.5. The average Bonchev–Trinajstić information content (AvgIpc) is 3.20. The maximum absolute atomic E-state index is 6.01. The molecule has 3 nitrogen and oxygen atoms in total. The zero-order valence-electron chi connectivity index (χ0n) is 11.8. The van der Waals surface area contributed by atoms with Gasteiger partial charge in [-0.15, -0.1) is 22.7 Å². The Morgan fingerprint density at radius 1 is 1.13 bits per heavy atom. The highest BCUT2D eigenvalue weighted by Gasteiger charge is 2.09. The molecule has 0 radical (unpaired) electrons. The Morgan fingerprint density at radius 3 is 2.96 bits per heavy atom. The van der Waals surface area contributed by atoms with E-state index in [1.807, 2.05) is 36.4 Å². The van der Waals surface area contributed by atoms with E-state index in [0.717, 1.165) is 41.7 Å². The molecule has 0 aliphatic rings. The van der Waals surface area contributed by atoms with Gasteiger partial charge in [-0.1, -0.05) is 29.4 Å². The van der Waals surface area contributed by atoms with Crippen molar-refractivity contribution in [3.63, 3.8) is 0 Å². The van der Waals surface area contributed by atoms with Gasteiger partial charge in [0, 0.05) is 22.4 Å². The van der Waals surface area contributed by atoms with Crippen LogP contribution in [0, 0.1) is 0 Å². The lowest BCUT2D eigenvalue weighted by Gasteiger charge is -1.94. The van der Waals surface area contributed by atoms with Crippen LogP contribution in [0.1, 0.15) is 5.69 Å². The predicted molar refractivity (Wildman–Crippen MR) is 99.5 cm³/mol. The maximum atomic E-state index is 6.01. The molecule has 0 saturated heterocycles. The van der Waals surface area contributed by atoms with Gasteiger partial charge in [0.05, 0.1) is 21.6 Å². The van der Waals surface area contributed by atoms with Crippen molar-refractivity contribution < 1.29 is 0 Å². The molecule has 3 aromatic heterocycles. The van der Waals surface area contributed by atoms with Gasteiger partial charge in [-0.3, -0.25) is 4.98 Å². The Hall–Kier alpha value is -1.47. The standard InChI is InChI=1S/C16H10ClN3S3/c17-10-4-5-14-13(7-10)20-16(23-14)22-9-11-8-21-15(19-11)12-3-1-2-6-18-12/h1-8H,9H2. The Balaban J connectivity index is 1.49. The fourth-order valence-corrected chi connectivity index (χ4v) is 5.07. The summed E-state index contributed by atoms with van der Waals surface area (Å²) in [7, 11) is 0. The van der Waals surface area contributed by atoms with Crippen molar-refractivity contribution in [1.82, 2.24) is 15.0 Å². The lowest BCUT2D eigenvalue weighted by molar-refractivity contribution is 1.20. The molecule has 23 heavy (non-hydrogen) atoms. The summed E-state index contributed by atoms with van der Waals surface area (Å²) in [5.41, 5.74) is 2.93. The fraction of sp³-hybridized carbons (Fsp3) is 0.0625. The maximum Gasteiger partial charge on any atom is 0.151 e. The molecule has 3 heterocycles. The number of thioether (sulfide) groups is 1. The predicted octanol–water partition coefficient (Wildman–Crippen LogP) is 5.76. The van der Waals surface area contributed by atoms with Gasteiger partial charge in [-0.2, -0.15) is 0 Å². The molecule has 0 fully saturated rings. The van der Waals surface area contributed by atoms with Gasteiger partial charge in [0.2, 0.25) is 0 Å². The third-order valence-electron chi connectivity index (χ3n) is 3.11. The molecular formula is C16H10ClN3S3. The van der Waals surface area contributed by atoms with Crippen LogP contribution in [0.4, 0.5) is 0 Å². The Kier molecular flexibility index (Phi) is 4.31. The van der Waals surface area contributed by atoms with Crippen LogP contribution < -0.4 is 0 Å². The van der Waals surface area contributed by atoms with Gasteiger partial charge in [-0.25, -0.2) is 9.97 Å². The van der Waals surface area contributed by atoms with Gasteiger partial charge in [0.15, 0.2) is 4.34 Å². The van der Waals surface area contributed by atoms with Crippen molar-refractivity contribution in [2.75, 3.05) is 0 Å². The second-order valence-corrected chi connectivity index (χ2v) is 8.29. The molecule has 4 rings (SSSR count). The van der Waals surface area contributed by atoms with Crippen molar-refractivity contribution in [2.45, 2.75) is 10.1 Å². The van der Waals surface area contributed by atoms with Crippen LogP contribution in [0.2, 0.25) is 5.02 Å². The number of fused-ring (bicyclic) bond motifs is 1. The molecule has 114 valence electrons. The Morgan fingerprint density at radius 2 is 2.09 bits per heavy atom. The summed E-state index contributed by atoms with van der Waals surface area (Å²) in [6.07, 6.45) is 1.79. The second kappa shape index (κ2) is 6.57. The lowest BCUT2D eigenvalue weighted by atomic mass is 10.3. The summed E-state index contributed by atoms with van der Waals surface area (Å²) in [5.74, 6) is 0.802. The van der Waals surface area contributed by atoms with Crippen LogP contribution in [0.15, 0.2) is 52.3 Å². The van der Waals surface area contributed by atoms with Crippen LogP contribution in [-0.2, 0) is 5.75 Å². The van der Waals surface area contributed by atoms with Crippen LogP contribution >= 0.6 is 46.0 Å². The first-order valence-electron chi connectivity index (χ1n) is 6.83. The Bertz CT molecular complexity index is 950. The fourth-order valence-electron chi connectivity index (χ4n) is 2.06. The summed E-state index contributed by atoms with van der Waals surface area (Å²) in [4.78, 5) is 13.6. The summed E-state index contributed by atoms with van der Waals surface area (Å²) in [6, 6.07) is 11.7. The third-order valence-corrected chi connectivity index (χ3v) is 6.47. The molecule has 1 aromatic carbocycles. The Labute approximate surface area is 150 Å². The largest absolute Gasteiger partial charge is 0.254 e. The van der Waals surface area contributed by atoms with Gasteiger partial charge in [0.1, 0.15) is 5.01 Å². The van der Waals surface area contributed by atoms with Gasteiger partial charge in [0.25, 0.3) is 0 Å². The molecule has 4 aromatic rings. The number of thiazole rings is 2. The molecular weight excluding hydrogens is 366 g/mol. The topological polar surface area (TPSA) is 38.7 Å². The first-order chi connectivity index (χ1) is 11.3. The first kappa shape index (κ1) is 15.1. The minimum Gasteiger partial charge on any atom is -0.254 e. The van der Waals surface area contributed by atoms with Crippen LogP contribution in [0.3, 0.4) is 0 Å². The number of aromatic nitrogens is 3. The molecule has 0 unspecified atom stereocenters. The summed E-state index contributed by atoms with van der Waals surface area (Å²) in [6.45, 7) is 0. The van der Waals surface area contributed by atoms with E-state index in [1.54, 1.807) is 40.6 Å². The van der Waals surface area contributed by atoms with Crippen molar-refractivity contribution in [1.29, 1.82) is 0 Å². The third kappa shape index (κ3) is 3.40. The highest BCUT2D eigenvalue weighted by Crippen LogP contribution is 2.33. The van der Waals surface area contributed by atoms with E-state index in [-0.39, 0.29) is 0 Å². The van der Waals surface area contributed by atoms with E-state index >= 15 is 0 Å². The zero-order valence-corrected chi connectivity index (χ0v) is 15.0. The van der Waals surface area contributed by atoms with Gasteiger partial charge >= 0.3 is 0 Å². The highest BCUT2D eigenvalue weighted by molar-refractivity contribution is 8.00. The lowest BCUT2D eigenvalue weighted by Crippen LogP contribution is -1.83. The van der Waals surface area contributed by atoms with Crippen molar-refractivity contribution >= 4 is 56.3 Å². The molecule has 0 bridgehead atoms. The minimum atomic E-state index is 0.721. The van der Waals surface area contributed by atoms with Crippen molar-refractivity contribution in [3.8, 4) is 10.7 Å². The number of benzene rings is 1. The monoisotopic (exact) mass is 375 g/mol. The molecule has 0 amide bonds. The first-order valence-corrected chi connectivity index (χ1v) is 9.88. The number of hydrogen-bond acceptors (Lipinski definition) is 6. The van der Waals surface area contributed by atoms with E-state index in [9.17, 15) is 0 Å². The van der Waals surface area contributed by atoms with Crippen LogP contribution in [-0.4, -0.2) is 15.0 Å². The van der Waals surface area contributed by atoms with Gasteiger partial charge in [-0.05, 0) is 30.3 Å². The van der Waals surface area contributed by atoms with E-state index in [4.69, 9.17) is 11.6 Å². The van der Waals surface area contributed by atoms with Crippen molar-refractivity contribution in [2.24, 2.45) is 0 Å². The number of halogens is 1.